The Morgan fingerprint density at radius 3 is 2.62 bits per heavy atom. The van der Waals surface area contributed by atoms with Crippen molar-refractivity contribution in [2.75, 3.05) is 0 Å². The zero-order valence-corrected chi connectivity index (χ0v) is 8.84. The third kappa shape index (κ3) is 2.37. The topological polar surface area (TPSA) is 34.9 Å². The van der Waals surface area contributed by atoms with Crippen LogP contribution >= 0.6 is 0 Å². The summed E-state index contributed by atoms with van der Waals surface area (Å²) in [5, 5.41) is 4.07. The first-order chi connectivity index (χ1) is 7.75. The Kier molecular flexibility index (Phi) is 2.84. The Morgan fingerprint density at radius 2 is 2.00 bits per heavy atom. The molecule has 3 heteroatoms. The minimum atomic E-state index is -0.189. The summed E-state index contributed by atoms with van der Waals surface area (Å²) in [6, 6.07) is 10.8. The normalized spacial score (nSPS) is 9.31. The second-order valence-corrected chi connectivity index (χ2v) is 3.32. The van der Waals surface area contributed by atoms with Gasteiger partial charge in [0.2, 0.25) is 5.78 Å². The van der Waals surface area contributed by atoms with Gasteiger partial charge in [0.15, 0.2) is 0 Å². The molecule has 0 aliphatic rings. The second-order valence-electron chi connectivity index (χ2n) is 3.32. The number of Topliss-reactive ketones (excluding diaryl/α,β-unsaturated/α-hetero) is 1. The molecule has 16 heavy (non-hydrogen) atoms. The zero-order chi connectivity index (χ0) is 11.4. The largest absolute Gasteiger partial charge is 0.279 e. The maximum absolute atomic E-state index is 11.6. The number of nitrogens with zero attached hydrogens (tertiary/aromatic N) is 2. The smallest absolute Gasteiger partial charge is 0.236 e. The van der Waals surface area contributed by atoms with Crippen molar-refractivity contribution in [3.05, 3.63) is 53.9 Å². The summed E-state index contributed by atoms with van der Waals surface area (Å²) in [7, 11) is 1.81. The lowest BCUT2D eigenvalue weighted by atomic mass is 10.1. The maximum atomic E-state index is 11.6. The van der Waals surface area contributed by atoms with Gasteiger partial charge in [0, 0.05) is 18.8 Å². The molecule has 1 heterocycles. The third-order valence-electron chi connectivity index (χ3n) is 2.05. The van der Waals surface area contributed by atoms with Gasteiger partial charge in [-0.25, -0.2) is 0 Å². The van der Waals surface area contributed by atoms with Crippen LogP contribution in [0.3, 0.4) is 0 Å². The Bertz CT molecular complexity index is 558. The van der Waals surface area contributed by atoms with Crippen molar-refractivity contribution < 1.29 is 4.79 Å². The van der Waals surface area contributed by atoms with Crippen LogP contribution in [0.4, 0.5) is 0 Å². The highest BCUT2D eigenvalue weighted by Gasteiger charge is 1.99. The summed E-state index contributed by atoms with van der Waals surface area (Å²) in [4.78, 5) is 11.6. The van der Waals surface area contributed by atoms with Gasteiger partial charge in [-0.2, -0.15) is 5.10 Å². The lowest BCUT2D eigenvalue weighted by Crippen LogP contribution is -1.94. The van der Waals surface area contributed by atoms with Gasteiger partial charge in [0.25, 0.3) is 0 Å². The minimum Gasteiger partial charge on any atom is -0.279 e. The van der Waals surface area contributed by atoms with Crippen molar-refractivity contribution in [2.45, 2.75) is 0 Å². The van der Waals surface area contributed by atoms with E-state index in [-0.39, 0.29) is 5.78 Å². The highest BCUT2D eigenvalue weighted by molar-refractivity contribution is 6.09. The van der Waals surface area contributed by atoms with Gasteiger partial charge < -0.3 is 0 Å². The molecule has 3 nitrogen and oxygen atoms in total. The molecule has 0 fully saturated rings. The van der Waals surface area contributed by atoms with E-state index < -0.39 is 0 Å². The molecule has 0 atom stereocenters. The first-order valence-corrected chi connectivity index (χ1v) is 4.87. The van der Waals surface area contributed by atoms with E-state index in [4.69, 9.17) is 0 Å². The van der Waals surface area contributed by atoms with Crippen LogP contribution in [0.2, 0.25) is 0 Å². The SMILES string of the molecule is Cn1ccc(C#CC(=O)c2ccccc2)n1. The van der Waals surface area contributed by atoms with E-state index in [9.17, 15) is 4.79 Å². The van der Waals surface area contributed by atoms with Gasteiger partial charge in [-0.1, -0.05) is 30.3 Å². The molecule has 0 aliphatic carbocycles. The molecular formula is C13H10N2O. The molecular weight excluding hydrogens is 200 g/mol. The minimum absolute atomic E-state index is 0.189. The van der Waals surface area contributed by atoms with Crippen LogP contribution in [0.25, 0.3) is 0 Å². The Morgan fingerprint density at radius 1 is 1.25 bits per heavy atom. The first-order valence-electron chi connectivity index (χ1n) is 4.87. The molecule has 0 saturated carbocycles. The quantitative estimate of drug-likeness (QED) is 0.530. The number of carbonyl (C=O) groups excluding carboxylic acids is 1. The molecule has 0 amide bonds. The molecule has 0 spiro atoms. The zero-order valence-electron chi connectivity index (χ0n) is 8.84. The Labute approximate surface area is 93.7 Å². The van der Waals surface area contributed by atoms with Gasteiger partial charge in [-0.05, 0) is 17.9 Å². The molecule has 0 bridgehead atoms. The Balaban J connectivity index is 2.17. The molecule has 2 rings (SSSR count). The number of ketones is 1. The molecule has 0 saturated heterocycles. The fourth-order valence-electron chi connectivity index (χ4n) is 1.26. The van der Waals surface area contributed by atoms with E-state index in [1.54, 1.807) is 29.1 Å². The van der Waals surface area contributed by atoms with Gasteiger partial charge >= 0.3 is 0 Å². The highest BCUT2D eigenvalue weighted by Crippen LogP contribution is 1.99. The van der Waals surface area contributed by atoms with Crippen molar-refractivity contribution >= 4 is 5.78 Å². The van der Waals surface area contributed by atoms with Crippen molar-refractivity contribution in [3.8, 4) is 11.8 Å². The fraction of sp³-hybridized carbons (Fsp3) is 0.0769. The lowest BCUT2D eigenvalue weighted by molar-refractivity contribution is 0.105. The molecule has 1 aromatic carbocycles. The van der Waals surface area contributed by atoms with Crippen LogP contribution in [0.5, 0.6) is 0 Å². The van der Waals surface area contributed by atoms with Crippen LogP contribution < -0.4 is 0 Å². The average molecular weight is 210 g/mol. The average Bonchev–Trinajstić information content (AvgIpc) is 2.73. The molecule has 2 aromatic rings. The van der Waals surface area contributed by atoms with Crippen LogP contribution in [-0.2, 0) is 7.05 Å². The first kappa shape index (κ1) is 10.2. The second kappa shape index (κ2) is 4.45. The lowest BCUT2D eigenvalue weighted by Gasteiger charge is -1.90. The number of carbonyl (C=O) groups is 1. The van der Waals surface area contributed by atoms with Crippen molar-refractivity contribution in [2.24, 2.45) is 7.05 Å². The predicted octanol–water partition coefficient (Wildman–Crippen LogP) is 1.65. The van der Waals surface area contributed by atoms with Gasteiger partial charge in [-0.15, -0.1) is 0 Å². The maximum Gasteiger partial charge on any atom is 0.236 e. The third-order valence-corrected chi connectivity index (χ3v) is 2.05. The summed E-state index contributed by atoms with van der Waals surface area (Å²) in [5.41, 5.74) is 1.21. The van der Waals surface area contributed by atoms with E-state index in [1.165, 1.54) is 0 Å². The number of rotatable bonds is 1. The number of benzene rings is 1. The van der Waals surface area contributed by atoms with Gasteiger partial charge in [-0.3, -0.25) is 9.48 Å². The summed E-state index contributed by atoms with van der Waals surface area (Å²) < 4.78 is 1.65. The summed E-state index contributed by atoms with van der Waals surface area (Å²) >= 11 is 0. The summed E-state index contributed by atoms with van der Waals surface area (Å²) in [5.74, 6) is 5.11. The van der Waals surface area contributed by atoms with Crippen molar-refractivity contribution in [3.63, 3.8) is 0 Å². The van der Waals surface area contributed by atoms with Gasteiger partial charge in [0.05, 0.1) is 0 Å². The molecule has 78 valence electrons. The summed E-state index contributed by atoms with van der Waals surface area (Å²) in [6.07, 6.45) is 1.79. The van der Waals surface area contributed by atoms with Crippen LogP contribution in [0.1, 0.15) is 16.1 Å². The number of aryl methyl sites for hydroxylation is 1. The molecule has 0 radical (unpaired) electrons. The Hall–Kier alpha value is -2.34. The van der Waals surface area contributed by atoms with E-state index in [0.717, 1.165) is 0 Å². The van der Waals surface area contributed by atoms with Crippen molar-refractivity contribution in [1.82, 2.24) is 9.78 Å². The molecule has 0 N–H and O–H groups in total. The number of hydrogen-bond acceptors (Lipinski definition) is 2. The van der Waals surface area contributed by atoms with E-state index in [1.807, 2.05) is 25.2 Å². The van der Waals surface area contributed by atoms with E-state index in [2.05, 4.69) is 16.9 Å². The molecule has 0 aliphatic heterocycles. The molecule has 1 aromatic heterocycles. The summed E-state index contributed by atoms with van der Waals surface area (Å²) in [6.45, 7) is 0. The van der Waals surface area contributed by atoms with E-state index >= 15 is 0 Å². The monoisotopic (exact) mass is 210 g/mol. The van der Waals surface area contributed by atoms with Crippen LogP contribution in [-0.4, -0.2) is 15.6 Å². The molecule has 0 unspecified atom stereocenters. The van der Waals surface area contributed by atoms with Crippen LogP contribution in [0, 0.1) is 11.8 Å². The van der Waals surface area contributed by atoms with Gasteiger partial charge in [0.1, 0.15) is 5.69 Å². The highest BCUT2D eigenvalue weighted by atomic mass is 16.1. The van der Waals surface area contributed by atoms with E-state index in [0.29, 0.717) is 11.3 Å². The number of aromatic nitrogens is 2. The van der Waals surface area contributed by atoms with Crippen molar-refractivity contribution in [1.29, 1.82) is 0 Å². The fourth-order valence-corrected chi connectivity index (χ4v) is 1.26. The van der Waals surface area contributed by atoms with Crippen LogP contribution in [0.15, 0.2) is 42.6 Å². The standard InChI is InChI=1S/C13H10N2O/c1-15-10-9-12(14-15)7-8-13(16)11-5-3-2-4-6-11/h2-6,9-10H,1H3. The number of hydrogen-bond donors (Lipinski definition) is 0. The predicted molar refractivity (Wildman–Crippen MR) is 60.9 cm³/mol.